The van der Waals surface area contributed by atoms with Crippen molar-refractivity contribution in [3.63, 3.8) is 0 Å². The van der Waals surface area contributed by atoms with E-state index in [1.165, 1.54) is 88.0 Å². The summed E-state index contributed by atoms with van der Waals surface area (Å²) in [6.45, 7) is 18.0. The number of rotatable bonds is 6. The van der Waals surface area contributed by atoms with Gasteiger partial charge in [0.25, 0.3) is 0 Å². The minimum absolute atomic E-state index is 0.0294. The Morgan fingerprint density at radius 2 is 0.632 bits per heavy atom. The Morgan fingerprint density at radius 3 is 1.09 bits per heavy atom. The molecule has 15 aromatic rings. The van der Waals surface area contributed by atoms with Crippen LogP contribution in [0.25, 0.3) is 98.4 Å². The summed E-state index contributed by atoms with van der Waals surface area (Å²) in [4.78, 5) is 4.88. The van der Waals surface area contributed by atoms with Crippen LogP contribution >= 0.6 is 0 Å². The molecule has 2 aromatic heterocycles. The van der Waals surface area contributed by atoms with E-state index in [9.17, 15) is 0 Å². The summed E-state index contributed by atoms with van der Waals surface area (Å²) in [5, 5.41) is 12.0. The third-order valence-electron chi connectivity index (χ3n) is 19.4. The first kappa shape index (κ1) is 51.3. The fraction of sp³-hybridized carbons (Fsp3) is 0.133. The summed E-state index contributed by atoms with van der Waals surface area (Å²) < 4.78 is 14.2. The van der Waals surface area contributed by atoms with Gasteiger partial charge in [0.1, 0.15) is 11.2 Å². The lowest BCUT2D eigenvalue weighted by atomic mass is 9.70. The molecule has 0 aliphatic heterocycles. The fourth-order valence-corrected chi connectivity index (χ4v) is 15.2. The van der Waals surface area contributed by atoms with Gasteiger partial charge in [0.2, 0.25) is 0 Å². The zero-order chi connectivity index (χ0) is 58.8. The molecule has 0 bridgehead atoms. The monoisotopic (exact) mass is 1120 g/mol. The summed E-state index contributed by atoms with van der Waals surface area (Å²) in [5.74, 6) is 0. The first-order chi connectivity index (χ1) is 42.2. The average Bonchev–Trinajstić information content (AvgIpc) is 1.51. The van der Waals surface area contributed by atoms with E-state index in [1.54, 1.807) is 0 Å². The number of benzene rings is 13. The Hall–Kier alpha value is -10.2. The average molecular weight is 1120 g/mol. The van der Waals surface area contributed by atoms with Crippen LogP contribution in [0, 0.1) is 13.8 Å². The van der Waals surface area contributed by atoms with Gasteiger partial charge in [-0.1, -0.05) is 211 Å². The second-order valence-electron chi connectivity index (χ2n) is 26.5. The molecule has 1 spiro atoms. The van der Waals surface area contributed by atoms with Crippen LogP contribution in [-0.4, -0.2) is 0 Å². The SMILES string of the molecule is Cc1cccc2c1oc1c(N(c3ccc(C(C)(C)C)cc3)c3ccc4c(c3)C3(c5ccccc5-c5cc6c7ccccc7c7ccccc7c6cc53)c3cc(N(c5ccc(C(C)(C)C)cc5)c5cccc6c5oc5c(C)cccc56)ccc3-4)cccc12. The Morgan fingerprint density at radius 1 is 0.276 bits per heavy atom. The van der Waals surface area contributed by atoms with Crippen molar-refractivity contribution >= 4 is 110 Å². The molecule has 0 N–H and O–H groups in total. The number of nitrogens with zero attached hydrogens (tertiary/aromatic N) is 2. The van der Waals surface area contributed by atoms with Gasteiger partial charge in [0.15, 0.2) is 11.2 Å². The van der Waals surface area contributed by atoms with Crippen LogP contribution in [0.3, 0.4) is 0 Å². The quantitative estimate of drug-likeness (QED) is 0.155. The highest BCUT2D eigenvalue weighted by Crippen LogP contribution is 2.65. The highest BCUT2D eigenvalue weighted by molar-refractivity contribution is 6.26. The van der Waals surface area contributed by atoms with E-state index >= 15 is 0 Å². The molecule has 0 fully saturated rings. The summed E-state index contributed by atoms with van der Waals surface area (Å²) in [6.07, 6.45) is 0. The third kappa shape index (κ3) is 7.37. The summed E-state index contributed by atoms with van der Waals surface area (Å²) >= 11 is 0. The second-order valence-corrected chi connectivity index (χ2v) is 26.5. The van der Waals surface area contributed by atoms with Crippen molar-refractivity contribution < 1.29 is 8.83 Å². The van der Waals surface area contributed by atoms with E-state index in [0.29, 0.717) is 0 Å². The van der Waals surface area contributed by atoms with Crippen molar-refractivity contribution in [2.24, 2.45) is 0 Å². The number of aryl methyl sites for hydroxylation is 2. The molecule has 2 aliphatic rings. The molecule has 87 heavy (non-hydrogen) atoms. The molecule has 0 atom stereocenters. The maximum absolute atomic E-state index is 7.08. The van der Waals surface area contributed by atoms with Crippen LogP contribution in [0.1, 0.15) is 86.1 Å². The molecule has 4 heteroatoms. The Bertz CT molecular complexity index is 5160. The molecular formula is C83H64N2O2. The van der Waals surface area contributed by atoms with Gasteiger partial charge in [-0.15, -0.1) is 0 Å². The van der Waals surface area contributed by atoms with Crippen molar-refractivity contribution in [2.45, 2.75) is 71.6 Å². The first-order valence-corrected chi connectivity index (χ1v) is 30.6. The Kier molecular flexibility index (Phi) is 10.9. The van der Waals surface area contributed by atoms with Gasteiger partial charge in [-0.05, 0) is 197 Å². The van der Waals surface area contributed by atoms with Crippen LogP contribution in [0.2, 0.25) is 0 Å². The van der Waals surface area contributed by atoms with E-state index in [-0.39, 0.29) is 10.8 Å². The number of furan rings is 2. The Labute approximate surface area is 507 Å². The van der Waals surface area contributed by atoms with Gasteiger partial charge < -0.3 is 18.6 Å². The van der Waals surface area contributed by atoms with E-state index < -0.39 is 5.41 Å². The molecule has 0 unspecified atom stereocenters. The predicted octanol–water partition coefficient (Wildman–Crippen LogP) is 23.4. The number of hydrogen-bond donors (Lipinski definition) is 0. The Balaban J connectivity index is 0.976. The van der Waals surface area contributed by atoms with Crippen molar-refractivity contribution in [1.82, 2.24) is 0 Å². The largest absolute Gasteiger partial charge is 0.454 e. The molecule has 0 amide bonds. The van der Waals surface area contributed by atoms with Crippen molar-refractivity contribution in [3.05, 3.63) is 287 Å². The van der Waals surface area contributed by atoms with Crippen LogP contribution in [0.5, 0.6) is 0 Å². The molecule has 13 aromatic carbocycles. The maximum Gasteiger partial charge on any atom is 0.159 e. The highest BCUT2D eigenvalue weighted by Gasteiger charge is 2.52. The van der Waals surface area contributed by atoms with Gasteiger partial charge >= 0.3 is 0 Å². The van der Waals surface area contributed by atoms with Crippen molar-refractivity contribution in [2.75, 3.05) is 9.80 Å². The number of anilines is 6. The normalized spacial score (nSPS) is 13.4. The van der Waals surface area contributed by atoms with E-state index in [1.807, 2.05) is 0 Å². The zero-order valence-electron chi connectivity index (χ0n) is 50.3. The maximum atomic E-state index is 7.08. The smallest absolute Gasteiger partial charge is 0.159 e. The molecule has 418 valence electrons. The van der Waals surface area contributed by atoms with E-state index in [0.717, 1.165) is 89.1 Å². The minimum Gasteiger partial charge on any atom is -0.454 e. The number of hydrogen-bond acceptors (Lipinski definition) is 4. The molecule has 0 saturated carbocycles. The molecule has 17 rings (SSSR count). The lowest BCUT2D eigenvalue weighted by Crippen LogP contribution is -2.26. The second kappa shape index (κ2) is 18.4. The fourth-order valence-electron chi connectivity index (χ4n) is 15.2. The first-order valence-electron chi connectivity index (χ1n) is 30.6. The van der Waals surface area contributed by atoms with Crippen molar-refractivity contribution in [1.29, 1.82) is 0 Å². The van der Waals surface area contributed by atoms with Gasteiger partial charge in [-0.3, -0.25) is 0 Å². The number of para-hydroxylation sites is 4. The van der Waals surface area contributed by atoms with Gasteiger partial charge in [0, 0.05) is 44.3 Å². The predicted molar refractivity (Wildman–Crippen MR) is 366 cm³/mol. The lowest BCUT2D eigenvalue weighted by molar-refractivity contribution is 0.590. The lowest BCUT2D eigenvalue weighted by Gasteiger charge is -2.33. The minimum atomic E-state index is -0.780. The van der Waals surface area contributed by atoms with Crippen LogP contribution in [0.15, 0.2) is 251 Å². The summed E-state index contributed by atoms with van der Waals surface area (Å²) in [7, 11) is 0. The molecule has 2 aliphatic carbocycles. The summed E-state index contributed by atoms with van der Waals surface area (Å²) in [5.41, 5.74) is 23.6. The van der Waals surface area contributed by atoms with E-state index in [2.05, 4.69) is 308 Å². The summed E-state index contributed by atoms with van der Waals surface area (Å²) in [6, 6.07) is 91.5. The molecule has 2 heterocycles. The standard InChI is InChI=1S/C83H64N2O2/c1-49-19-15-26-64-66-28-17-31-75(79(66)86-77(49)64)84(53-37-33-51(34-38-53)81(3,4)5)55-41-43-62-63-44-42-56(85(54-39-35-52(36-40-54)82(6,7)8)76-32-18-29-67-65-27-16-20-50(2)78(65)87-80(67)76)46-73(63)83(72(62)45-55)71-30-14-13-25-61(71)70-47-68-59-23-11-9-21-57(59)58-22-10-12-24-60(58)69(68)48-74(70)83/h9-48H,1-8H3. The van der Waals surface area contributed by atoms with Gasteiger partial charge in [-0.2, -0.15) is 0 Å². The van der Waals surface area contributed by atoms with E-state index in [4.69, 9.17) is 8.83 Å². The zero-order valence-corrected chi connectivity index (χ0v) is 50.3. The van der Waals surface area contributed by atoms with Crippen LogP contribution in [-0.2, 0) is 16.2 Å². The van der Waals surface area contributed by atoms with Crippen molar-refractivity contribution in [3.8, 4) is 22.3 Å². The molecule has 0 saturated heterocycles. The topological polar surface area (TPSA) is 32.8 Å². The van der Waals surface area contributed by atoms with Crippen LogP contribution < -0.4 is 9.80 Å². The molecule has 0 radical (unpaired) electrons. The van der Waals surface area contributed by atoms with Crippen LogP contribution in [0.4, 0.5) is 34.1 Å². The molecular weight excluding hydrogens is 1060 g/mol. The third-order valence-corrected chi connectivity index (χ3v) is 19.4. The number of fused-ring (bicyclic) bond motifs is 22. The molecule has 4 nitrogen and oxygen atoms in total. The van der Waals surface area contributed by atoms with Gasteiger partial charge in [-0.25, -0.2) is 0 Å². The highest BCUT2D eigenvalue weighted by atomic mass is 16.3. The van der Waals surface area contributed by atoms with Gasteiger partial charge in [0.05, 0.1) is 16.8 Å².